The van der Waals surface area contributed by atoms with Gasteiger partial charge in [-0.2, -0.15) is 0 Å². The quantitative estimate of drug-likeness (QED) is 0.844. The second-order valence-corrected chi connectivity index (χ2v) is 5.30. The standard InChI is InChI=1S/C12H15FINO/c13-9-1-2-10(11(14)7-9)12(15)8-3-5-16-6-4-8/h1-2,7-8,12H,3-6,15H2. The first-order valence-electron chi connectivity index (χ1n) is 5.47. The molecule has 0 aromatic heterocycles. The molecule has 1 aliphatic rings. The van der Waals surface area contributed by atoms with Crippen LogP contribution in [0.5, 0.6) is 0 Å². The fraction of sp³-hybridized carbons (Fsp3) is 0.500. The highest BCUT2D eigenvalue weighted by Crippen LogP contribution is 2.30. The van der Waals surface area contributed by atoms with Gasteiger partial charge >= 0.3 is 0 Å². The summed E-state index contributed by atoms with van der Waals surface area (Å²) in [5.41, 5.74) is 7.29. The van der Waals surface area contributed by atoms with E-state index in [4.69, 9.17) is 10.5 Å². The molecule has 1 aliphatic heterocycles. The summed E-state index contributed by atoms with van der Waals surface area (Å²) in [5.74, 6) is 0.250. The van der Waals surface area contributed by atoms with Crippen LogP contribution in [0.2, 0.25) is 0 Å². The Hall–Kier alpha value is -0.200. The van der Waals surface area contributed by atoms with Crippen molar-refractivity contribution in [1.82, 2.24) is 0 Å². The summed E-state index contributed by atoms with van der Waals surface area (Å²) in [6, 6.07) is 4.82. The lowest BCUT2D eigenvalue weighted by molar-refractivity contribution is 0.0583. The van der Waals surface area contributed by atoms with Gasteiger partial charge in [0.1, 0.15) is 5.82 Å². The van der Waals surface area contributed by atoms with Crippen LogP contribution in [0.3, 0.4) is 0 Å². The van der Waals surface area contributed by atoms with E-state index in [-0.39, 0.29) is 11.9 Å². The minimum atomic E-state index is -0.202. The number of ether oxygens (including phenoxy) is 1. The smallest absolute Gasteiger partial charge is 0.124 e. The van der Waals surface area contributed by atoms with Crippen molar-refractivity contribution in [1.29, 1.82) is 0 Å². The van der Waals surface area contributed by atoms with Crippen LogP contribution in [0.15, 0.2) is 18.2 Å². The van der Waals surface area contributed by atoms with E-state index >= 15 is 0 Å². The zero-order chi connectivity index (χ0) is 11.5. The lowest BCUT2D eigenvalue weighted by Gasteiger charge is -2.28. The molecule has 0 radical (unpaired) electrons. The van der Waals surface area contributed by atoms with Crippen LogP contribution in [-0.4, -0.2) is 13.2 Å². The largest absolute Gasteiger partial charge is 0.381 e. The second kappa shape index (κ2) is 5.42. The van der Waals surface area contributed by atoms with Crippen LogP contribution in [0.25, 0.3) is 0 Å². The van der Waals surface area contributed by atoms with E-state index in [1.165, 1.54) is 12.1 Å². The monoisotopic (exact) mass is 335 g/mol. The van der Waals surface area contributed by atoms with Crippen molar-refractivity contribution in [2.45, 2.75) is 18.9 Å². The SMILES string of the molecule is NC(c1ccc(F)cc1I)C1CCOCC1. The van der Waals surface area contributed by atoms with Crippen molar-refractivity contribution in [3.8, 4) is 0 Å². The van der Waals surface area contributed by atoms with Crippen LogP contribution in [0, 0.1) is 15.3 Å². The van der Waals surface area contributed by atoms with Gasteiger partial charge < -0.3 is 10.5 Å². The molecule has 88 valence electrons. The highest BCUT2D eigenvalue weighted by Gasteiger charge is 2.23. The maximum absolute atomic E-state index is 13.0. The molecular formula is C12H15FINO. The lowest BCUT2D eigenvalue weighted by atomic mass is 9.88. The van der Waals surface area contributed by atoms with Crippen LogP contribution in [0.1, 0.15) is 24.4 Å². The Morgan fingerprint density at radius 2 is 2.06 bits per heavy atom. The molecule has 1 atom stereocenters. The molecule has 0 bridgehead atoms. The first-order valence-corrected chi connectivity index (χ1v) is 6.54. The summed E-state index contributed by atoms with van der Waals surface area (Å²) >= 11 is 2.15. The van der Waals surface area contributed by atoms with Crippen LogP contribution in [0.4, 0.5) is 4.39 Å². The summed E-state index contributed by atoms with van der Waals surface area (Å²) in [6.07, 6.45) is 1.99. The number of nitrogens with two attached hydrogens (primary N) is 1. The van der Waals surface area contributed by atoms with E-state index in [1.54, 1.807) is 6.07 Å². The van der Waals surface area contributed by atoms with Gasteiger partial charge in [-0.3, -0.25) is 0 Å². The lowest BCUT2D eigenvalue weighted by Crippen LogP contribution is -2.28. The summed E-state index contributed by atoms with van der Waals surface area (Å²) < 4.78 is 19.2. The molecule has 2 N–H and O–H groups in total. The Balaban J connectivity index is 2.15. The van der Waals surface area contributed by atoms with E-state index in [1.807, 2.05) is 0 Å². The Labute approximate surface area is 108 Å². The first-order chi connectivity index (χ1) is 7.68. The zero-order valence-corrected chi connectivity index (χ0v) is 11.1. The molecule has 1 saturated heterocycles. The molecule has 2 nitrogen and oxygen atoms in total. The molecule has 16 heavy (non-hydrogen) atoms. The van der Waals surface area contributed by atoms with Crippen molar-refractivity contribution >= 4 is 22.6 Å². The van der Waals surface area contributed by atoms with Gasteiger partial charge in [0.25, 0.3) is 0 Å². The second-order valence-electron chi connectivity index (χ2n) is 4.14. The molecular weight excluding hydrogens is 320 g/mol. The van der Waals surface area contributed by atoms with Crippen molar-refractivity contribution < 1.29 is 9.13 Å². The van der Waals surface area contributed by atoms with Gasteiger partial charge in [0.2, 0.25) is 0 Å². The van der Waals surface area contributed by atoms with E-state index in [2.05, 4.69) is 22.6 Å². The number of benzene rings is 1. The minimum absolute atomic E-state index is 0.00333. The zero-order valence-electron chi connectivity index (χ0n) is 8.96. The topological polar surface area (TPSA) is 35.2 Å². The van der Waals surface area contributed by atoms with Gasteiger partial charge in [0.15, 0.2) is 0 Å². The predicted octanol–water partition coefficient (Wildman–Crippen LogP) is 2.86. The highest BCUT2D eigenvalue weighted by molar-refractivity contribution is 14.1. The summed E-state index contributed by atoms with van der Waals surface area (Å²) in [5, 5.41) is 0. The van der Waals surface area contributed by atoms with Gasteiger partial charge in [-0.25, -0.2) is 4.39 Å². The first kappa shape index (κ1) is 12.3. The molecule has 0 saturated carbocycles. The third-order valence-electron chi connectivity index (χ3n) is 3.10. The van der Waals surface area contributed by atoms with Crippen molar-refractivity contribution in [2.24, 2.45) is 11.7 Å². The summed E-state index contributed by atoms with van der Waals surface area (Å²) in [4.78, 5) is 0. The van der Waals surface area contributed by atoms with Gasteiger partial charge in [-0.05, 0) is 59.0 Å². The molecule has 1 heterocycles. The average Bonchev–Trinajstić information content (AvgIpc) is 2.29. The van der Waals surface area contributed by atoms with E-state index in [0.29, 0.717) is 5.92 Å². The Morgan fingerprint density at radius 1 is 1.38 bits per heavy atom. The highest BCUT2D eigenvalue weighted by atomic mass is 127. The molecule has 2 rings (SSSR count). The van der Waals surface area contributed by atoms with Crippen molar-refractivity contribution in [2.75, 3.05) is 13.2 Å². The fourth-order valence-electron chi connectivity index (χ4n) is 2.10. The number of hydrogen-bond acceptors (Lipinski definition) is 2. The molecule has 0 spiro atoms. The van der Waals surface area contributed by atoms with Gasteiger partial charge in [-0.1, -0.05) is 6.07 Å². The molecule has 0 amide bonds. The summed E-state index contributed by atoms with van der Waals surface area (Å²) in [7, 11) is 0. The number of halogens is 2. The normalized spacial score (nSPS) is 19.7. The van der Waals surface area contributed by atoms with Crippen molar-refractivity contribution in [3.63, 3.8) is 0 Å². The fourth-order valence-corrected chi connectivity index (χ4v) is 2.94. The predicted molar refractivity (Wildman–Crippen MR) is 69.6 cm³/mol. The van der Waals surface area contributed by atoms with Crippen molar-refractivity contribution in [3.05, 3.63) is 33.1 Å². The molecule has 1 aromatic rings. The molecule has 1 aromatic carbocycles. The van der Waals surface area contributed by atoms with Crippen LogP contribution in [-0.2, 0) is 4.74 Å². The number of rotatable bonds is 2. The van der Waals surface area contributed by atoms with Gasteiger partial charge in [-0.15, -0.1) is 0 Å². The Morgan fingerprint density at radius 3 is 2.69 bits per heavy atom. The molecule has 1 unspecified atom stereocenters. The van der Waals surface area contributed by atoms with E-state index in [9.17, 15) is 4.39 Å². The third kappa shape index (κ3) is 2.73. The van der Waals surface area contributed by atoms with E-state index in [0.717, 1.165) is 35.2 Å². The Kier molecular flexibility index (Phi) is 4.16. The maximum Gasteiger partial charge on any atom is 0.124 e. The summed E-state index contributed by atoms with van der Waals surface area (Å²) in [6.45, 7) is 1.58. The van der Waals surface area contributed by atoms with Crippen LogP contribution < -0.4 is 5.73 Å². The van der Waals surface area contributed by atoms with Gasteiger partial charge in [0, 0.05) is 22.8 Å². The van der Waals surface area contributed by atoms with E-state index < -0.39 is 0 Å². The molecule has 4 heteroatoms. The number of hydrogen-bond donors (Lipinski definition) is 1. The third-order valence-corrected chi connectivity index (χ3v) is 4.03. The molecule has 1 fully saturated rings. The Bertz CT molecular complexity index is 366. The van der Waals surface area contributed by atoms with Gasteiger partial charge in [0.05, 0.1) is 0 Å². The maximum atomic E-state index is 13.0. The molecule has 0 aliphatic carbocycles. The van der Waals surface area contributed by atoms with Crippen LogP contribution >= 0.6 is 22.6 Å². The minimum Gasteiger partial charge on any atom is -0.381 e. The average molecular weight is 335 g/mol.